The summed E-state index contributed by atoms with van der Waals surface area (Å²) in [6, 6.07) is 12.3. The van der Waals surface area contributed by atoms with Crippen molar-refractivity contribution in [3.8, 4) is 0 Å². The minimum Gasteiger partial charge on any atom is -0.444 e. The molecule has 0 aliphatic carbocycles. The van der Waals surface area contributed by atoms with Gasteiger partial charge < -0.3 is 9.64 Å². The van der Waals surface area contributed by atoms with Crippen molar-refractivity contribution in [3.05, 3.63) is 65.5 Å². The van der Waals surface area contributed by atoms with Gasteiger partial charge in [0.25, 0.3) is 11.8 Å². The van der Waals surface area contributed by atoms with Crippen LogP contribution in [-0.2, 0) is 4.74 Å². The molecular weight excluding hydrogens is 446 g/mol. The van der Waals surface area contributed by atoms with E-state index in [-0.39, 0.29) is 18.4 Å². The second-order valence-corrected chi connectivity index (χ2v) is 10.0. The number of fused-ring (bicyclic) bond motifs is 2. The zero-order valence-corrected chi connectivity index (χ0v) is 20.4. The van der Waals surface area contributed by atoms with Crippen molar-refractivity contribution in [2.24, 2.45) is 0 Å². The van der Waals surface area contributed by atoms with Crippen LogP contribution in [0.1, 0.15) is 47.2 Å². The first-order chi connectivity index (χ1) is 16.6. The Kier molecular flexibility index (Phi) is 5.50. The molecule has 1 fully saturated rings. The number of hydrogen-bond acceptors (Lipinski definition) is 6. The number of hydrogen-bond donors (Lipinski definition) is 0. The van der Waals surface area contributed by atoms with Gasteiger partial charge in [-0.2, -0.15) is 0 Å². The minimum absolute atomic E-state index is 0.0843. The van der Waals surface area contributed by atoms with Crippen LogP contribution in [0.5, 0.6) is 0 Å². The first kappa shape index (κ1) is 22.9. The molecule has 9 heteroatoms. The number of anilines is 1. The quantitative estimate of drug-likeness (QED) is 0.540. The summed E-state index contributed by atoms with van der Waals surface area (Å²) in [6.07, 6.45) is 1.53. The topological polar surface area (TPSA) is 87.5 Å². The molecule has 2 aliphatic rings. The van der Waals surface area contributed by atoms with Crippen LogP contribution in [0.2, 0.25) is 0 Å². The molecule has 3 amide bonds. The molecule has 1 saturated heterocycles. The average Bonchev–Trinajstić information content (AvgIpc) is 3.30. The Morgan fingerprint density at radius 2 is 1.71 bits per heavy atom. The van der Waals surface area contributed by atoms with Crippen LogP contribution in [0, 0.1) is 6.92 Å². The molecule has 1 atom stereocenters. The highest BCUT2D eigenvalue weighted by Crippen LogP contribution is 2.27. The van der Waals surface area contributed by atoms with E-state index >= 15 is 0 Å². The monoisotopic (exact) mass is 475 g/mol. The Labute approximate surface area is 203 Å². The maximum absolute atomic E-state index is 13.1. The third kappa shape index (κ3) is 4.22. The third-order valence-electron chi connectivity index (χ3n) is 6.30. The molecule has 1 unspecified atom stereocenters. The number of amides is 3. The van der Waals surface area contributed by atoms with Crippen molar-refractivity contribution < 1.29 is 19.1 Å². The lowest BCUT2D eigenvalue weighted by Crippen LogP contribution is -2.60. The van der Waals surface area contributed by atoms with Gasteiger partial charge in [-0.15, -0.1) is 0 Å². The van der Waals surface area contributed by atoms with Gasteiger partial charge in [0, 0.05) is 25.8 Å². The second-order valence-electron chi connectivity index (χ2n) is 10.0. The molecule has 35 heavy (non-hydrogen) atoms. The molecule has 9 nitrogen and oxygen atoms in total. The van der Waals surface area contributed by atoms with Gasteiger partial charge in [-0.25, -0.2) is 9.78 Å². The number of carbonyl (C=O) groups excluding carboxylic acids is 3. The van der Waals surface area contributed by atoms with E-state index in [1.165, 1.54) is 4.90 Å². The summed E-state index contributed by atoms with van der Waals surface area (Å²) in [5.74, 6) is 0.276. The number of pyridine rings is 1. The van der Waals surface area contributed by atoms with E-state index in [1.54, 1.807) is 29.2 Å². The van der Waals surface area contributed by atoms with Crippen LogP contribution in [0.25, 0.3) is 5.65 Å². The van der Waals surface area contributed by atoms with E-state index in [0.717, 1.165) is 17.2 Å². The number of imidazole rings is 1. The summed E-state index contributed by atoms with van der Waals surface area (Å²) in [6.45, 7) is 8.90. The van der Waals surface area contributed by atoms with Crippen molar-refractivity contribution in [1.29, 1.82) is 0 Å². The number of nitrogens with zero attached hydrogens (tertiary/aromatic N) is 5. The number of aryl methyl sites for hydroxylation is 1. The Hall–Kier alpha value is -3.88. The molecule has 0 spiro atoms. The van der Waals surface area contributed by atoms with Gasteiger partial charge in [0.05, 0.1) is 29.4 Å². The molecule has 2 aromatic heterocycles. The van der Waals surface area contributed by atoms with E-state index in [9.17, 15) is 14.4 Å². The Balaban J connectivity index is 1.45. The number of piperazine rings is 1. The highest BCUT2D eigenvalue weighted by Gasteiger charge is 2.41. The lowest BCUT2D eigenvalue weighted by atomic mass is 10.1. The van der Waals surface area contributed by atoms with E-state index in [2.05, 4.69) is 9.88 Å². The smallest absolute Gasteiger partial charge is 0.410 e. The van der Waals surface area contributed by atoms with Crippen molar-refractivity contribution >= 4 is 29.4 Å². The molecule has 3 aromatic rings. The van der Waals surface area contributed by atoms with Gasteiger partial charge in [-0.05, 0) is 52.0 Å². The predicted molar refractivity (Wildman–Crippen MR) is 131 cm³/mol. The predicted octanol–water partition coefficient (Wildman–Crippen LogP) is 3.36. The average molecular weight is 476 g/mol. The molecule has 1 aromatic carbocycles. The molecule has 0 saturated carbocycles. The van der Waals surface area contributed by atoms with Crippen LogP contribution >= 0.6 is 0 Å². The third-order valence-corrected chi connectivity index (χ3v) is 6.30. The fraction of sp³-hybridized carbons (Fsp3) is 0.385. The highest BCUT2D eigenvalue weighted by atomic mass is 16.6. The fourth-order valence-electron chi connectivity index (χ4n) is 4.77. The summed E-state index contributed by atoms with van der Waals surface area (Å²) >= 11 is 0. The SMILES string of the molecule is Cc1cn2c(N3CCN(C(=O)OC(C)(C)C)C(CN4C(=O)c5ccccc5C4=O)C3)cccc2n1. The Morgan fingerprint density at radius 3 is 2.37 bits per heavy atom. The molecule has 5 rings (SSSR count). The highest BCUT2D eigenvalue weighted by molar-refractivity contribution is 6.21. The summed E-state index contributed by atoms with van der Waals surface area (Å²) in [5.41, 5.74) is 1.88. The van der Waals surface area contributed by atoms with Gasteiger partial charge in [0.15, 0.2) is 0 Å². The first-order valence-electron chi connectivity index (χ1n) is 11.8. The molecule has 0 bridgehead atoms. The summed E-state index contributed by atoms with van der Waals surface area (Å²) in [5, 5.41) is 0. The first-order valence-corrected chi connectivity index (χ1v) is 11.8. The largest absolute Gasteiger partial charge is 0.444 e. The zero-order chi connectivity index (χ0) is 24.9. The normalized spacial score (nSPS) is 18.4. The van der Waals surface area contributed by atoms with Crippen LogP contribution in [0.3, 0.4) is 0 Å². The lowest BCUT2D eigenvalue weighted by Gasteiger charge is -2.43. The van der Waals surface area contributed by atoms with Gasteiger partial charge >= 0.3 is 6.09 Å². The molecule has 0 N–H and O–H groups in total. The van der Waals surface area contributed by atoms with Crippen LogP contribution in [0.4, 0.5) is 10.6 Å². The second kappa shape index (κ2) is 8.41. The lowest BCUT2D eigenvalue weighted by molar-refractivity contribution is 0.00984. The number of benzene rings is 1. The summed E-state index contributed by atoms with van der Waals surface area (Å²) in [7, 11) is 0. The number of carbonyl (C=O) groups is 3. The minimum atomic E-state index is -0.659. The maximum atomic E-state index is 13.1. The molecular formula is C26H29N5O4. The standard InChI is InChI=1S/C26H29N5O4/c1-17-14-30-21(27-17)10-7-11-22(30)28-12-13-29(25(34)35-26(2,3)4)18(15-28)16-31-23(32)19-8-5-6-9-20(19)24(31)33/h5-11,14,18H,12-13,15-16H2,1-4H3. The van der Waals surface area contributed by atoms with E-state index in [0.29, 0.717) is 30.8 Å². The van der Waals surface area contributed by atoms with E-state index in [1.807, 2.05) is 56.5 Å². The molecule has 4 heterocycles. The maximum Gasteiger partial charge on any atom is 0.410 e. The van der Waals surface area contributed by atoms with Crippen LogP contribution in [-0.4, -0.2) is 74.9 Å². The van der Waals surface area contributed by atoms with Crippen LogP contribution in [0.15, 0.2) is 48.7 Å². The van der Waals surface area contributed by atoms with Gasteiger partial charge in [-0.1, -0.05) is 18.2 Å². The van der Waals surface area contributed by atoms with E-state index < -0.39 is 17.7 Å². The Morgan fingerprint density at radius 1 is 1.03 bits per heavy atom. The number of rotatable bonds is 3. The molecule has 0 radical (unpaired) electrons. The summed E-state index contributed by atoms with van der Waals surface area (Å²) < 4.78 is 7.69. The summed E-state index contributed by atoms with van der Waals surface area (Å²) in [4.78, 5) is 48.8. The van der Waals surface area contributed by atoms with Gasteiger partial charge in [-0.3, -0.25) is 23.8 Å². The number of imide groups is 1. The van der Waals surface area contributed by atoms with Crippen LogP contribution < -0.4 is 4.90 Å². The molecule has 2 aliphatic heterocycles. The zero-order valence-electron chi connectivity index (χ0n) is 20.4. The van der Waals surface area contributed by atoms with Crippen molar-refractivity contribution in [1.82, 2.24) is 19.2 Å². The number of ether oxygens (including phenoxy) is 1. The van der Waals surface area contributed by atoms with Crippen molar-refractivity contribution in [3.63, 3.8) is 0 Å². The number of aromatic nitrogens is 2. The molecule has 182 valence electrons. The van der Waals surface area contributed by atoms with Gasteiger partial charge in [0.1, 0.15) is 17.1 Å². The Bertz CT molecular complexity index is 1290. The fourth-order valence-corrected chi connectivity index (χ4v) is 4.77. The van der Waals surface area contributed by atoms with E-state index in [4.69, 9.17) is 4.74 Å². The van der Waals surface area contributed by atoms with Gasteiger partial charge in [0.2, 0.25) is 0 Å². The van der Waals surface area contributed by atoms with Crippen molar-refractivity contribution in [2.75, 3.05) is 31.1 Å². The van der Waals surface area contributed by atoms with Crippen molar-refractivity contribution in [2.45, 2.75) is 39.3 Å².